The van der Waals surface area contributed by atoms with E-state index in [4.69, 9.17) is 4.74 Å². The second kappa shape index (κ2) is 14.1. The van der Waals surface area contributed by atoms with E-state index in [9.17, 15) is 19.2 Å². The highest BCUT2D eigenvalue weighted by Gasteiger charge is 2.31. The monoisotopic (exact) mass is 568 g/mol. The maximum absolute atomic E-state index is 13.4. The van der Waals surface area contributed by atoms with Gasteiger partial charge in [0.15, 0.2) is 0 Å². The second-order valence-electron chi connectivity index (χ2n) is 11.5. The number of aromatic nitrogens is 2. The normalized spacial score (nSPS) is 20.4. The molecule has 2 aromatic rings. The summed E-state index contributed by atoms with van der Waals surface area (Å²) in [4.78, 5) is 53.1. The molecule has 3 atom stereocenters. The lowest BCUT2D eigenvalue weighted by molar-refractivity contribution is -0.132. The van der Waals surface area contributed by atoms with Crippen molar-refractivity contribution in [3.05, 3.63) is 46.8 Å². The fourth-order valence-corrected chi connectivity index (χ4v) is 5.01. The Labute approximate surface area is 242 Å². The van der Waals surface area contributed by atoms with E-state index in [0.717, 1.165) is 17.0 Å². The van der Waals surface area contributed by atoms with E-state index in [0.29, 0.717) is 25.1 Å². The number of ether oxygens (including phenoxy) is 1. The van der Waals surface area contributed by atoms with Crippen LogP contribution in [-0.4, -0.2) is 64.7 Å². The molecule has 1 aliphatic rings. The van der Waals surface area contributed by atoms with Crippen molar-refractivity contribution in [2.24, 2.45) is 18.9 Å². The van der Waals surface area contributed by atoms with Crippen molar-refractivity contribution in [1.29, 1.82) is 0 Å². The molecule has 4 N–H and O–H groups in total. The first-order chi connectivity index (χ1) is 19.4. The third-order valence-corrected chi connectivity index (χ3v) is 7.28. The van der Waals surface area contributed by atoms with E-state index >= 15 is 0 Å². The van der Waals surface area contributed by atoms with Gasteiger partial charge in [0.1, 0.15) is 24.4 Å². The summed E-state index contributed by atoms with van der Waals surface area (Å²) in [6.45, 7) is 12.1. The molecule has 2 heterocycles. The average Bonchev–Trinajstić information content (AvgIpc) is 3.14. The molecule has 0 fully saturated rings. The first-order valence-electron chi connectivity index (χ1n) is 14.3. The molecule has 1 aromatic heterocycles. The van der Waals surface area contributed by atoms with Gasteiger partial charge in [-0.15, -0.1) is 0 Å². The van der Waals surface area contributed by atoms with E-state index < -0.39 is 29.8 Å². The summed E-state index contributed by atoms with van der Waals surface area (Å²) in [5, 5.41) is 15.8. The highest BCUT2D eigenvalue weighted by Crippen LogP contribution is 2.20. The maximum atomic E-state index is 13.4. The molecule has 224 valence electrons. The summed E-state index contributed by atoms with van der Waals surface area (Å²) in [6, 6.07) is 4.41. The molecule has 0 saturated heterocycles. The molecule has 0 bridgehead atoms. The first kappa shape index (κ1) is 31.6. The molecule has 11 nitrogen and oxygen atoms in total. The number of fused-ring (bicyclic) bond motifs is 1. The number of benzene rings is 1. The number of hydrogen-bond acceptors (Lipinski definition) is 6. The van der Waals surface area contributed by atoms with Crippen molar-refractivity contribution >= 4 is 23.6 Å². The van der Waals surface area contributed by atoms with Crippen LogP contribution in [0.25, 0.3) is 0 Å². The molecule has 0 spiro atoms. The predicted octanol–water partition coefficient (Wildman–Crippen LogP) is 1.95. The van der Waals surface area contributed by atoms with Crippen LogP contribution in [0.4, 0.5) is 0 Å². The van der Waals surface area contributed by atoms with Crippen LogP contribution in [0.2, 0.25) is 0 Å². The molecular formula is C30H44N6O5. The van der Waals surface area contributed by atoms with E-state index in [1.54, 1.807) is 28.9 Å². The predicted molar refractivity (Wildman–Crippen MR) is 155 cm³/mol. The van der Waals surface area contributed by atoms with Gasteiger partial charge in [-0.3, -0.25) is 23.9 Å². The van der Waals surface area contributed by atoms with Gasteiger partial charge in [-0.05, 0) is 56.2 Å². The third kappa shape index (κ3) is 8.55. The van der Waals surface area contributed by atoms with Crippen molar-refractivity contribution in [3.63, 3.8) is 0 Å². The number of hydrogen-bond donors (Lipinski definition) is 4. The topological polar surface area (TPSA) is 143 Å². The Bertz CT molecular complexity index is 1250. The van der Waals surface area contributed by atoms with E-state index in [2.05, 4.69) is 26.4 Å². The lowest BCUT2D eigenvalue weighted by Crippen LogP contribution is -2.55. The molecule has 11 heteroatoms. The van der Waals surface area contributed by atoms with Crippen LogP contribution in [0.5, 0.6) is 5.75 Å². The van der Waals surface area contributed by atoms with Gasteiger partial charge in [-0.2, -0.15) is 5.10 Å². The van der Waals surface area contributed by atoms with E-state index in [1.165, 1.54) is 0 Å². The molecule has 0 aliphatic carbocycles. The summed E-state index contributed by atoms with van der Waals surface area (Å²) in [5.41, 5.74) is 3.16. The summed E-state index contributed by atoms with van der Waals surface area (Å²) >= 11 is 0. The third-order valence-electron chi connectivity index (χ3n) is 7.28. The van der Waals surface area contributed by atoms with Crippen LogP contribution in [0.3, 0.4) is 0 Å². The molecule has 41 heavy (non-hydrogen) atoms. The Hall–Kier alpha value is -3.89. The van der Waals surface area contributed by atoms with Crippen LogP contribution in [0.1, 0.15) is 67.8 Å². The molecule has 1 aliphatic heterocycles. The van der Waals surface area contributed by atoms with Gasteiger partial charge >= 0.3 is 0 Å². The van der Waals surface area contributed by atoms with Crippen molar-refractivity contribution < 1.29 is 23.9 Å². The number of nitrogens with one attached hydrogen (secondary N) is 4. The number of para-hydroxylation sites is 1. The van der Waals surface area contributed by atoms with Crippen molar-refractivity contribution in [1.82, 2.24) is 31.0 Å². The maximum Gasteiger partial charge on any atom is 0.255 e. The summed E-state index contributed by atoms with van der Waals surface area (Å²) in [5.74, 6) is -1.47. The zero-order valence-corrected chi connectivity index (χ0v) is 25.2. The molecule has 1 aromatic carbocycles. The van der Waals surface area contributed by atoms with E-state index in [1.807, 2.05) is 48.6 Å². The zero-order valence-electron chi connectivity index (χ0n) is 25.2. The van der Waals surface area contributed by atoms with Crippen LogP contribution < -0.4 is 26.0 Å². The molecular weight excluding hydrogens is 524 g/mol. The van der Waals surface area contributed by atoms with Gasteiger partial charge in [0.2, 0.25) is 17.7 Å². The molecule has 3 rings (SSSR count). The highest BCUT2D eigenvalue weighted by atomic mass is 16.5. The fraction of sp³-hybridized carbons (Fsp3) is 0.567. The van der Waals surface area contributed by atoms with Gasteiger partial charge in [-0.25, -0.2) is 0 Å². The number of nitrogens with zero attached hydrogens (tertiary/aromatic N) is 2. The Balaban J connectivity index is 1.86. The van der Waals surface area contributed by atoms with Crippen LogP contribution >= 0.6 is 0 Å². The van der Waals surface area contributed by atoms with Crippen LogP contribution in [0, 0.1) is 25.7 Å². The molecule has 4 amide bonds. The minimum absolute atomic E-state index is 0.143. The Morgan fingerprint density at radius 1 is 1.10 bits per heavy atom. The van der Waals surface area contributed by atoms with E-state index in [-0.39, 0.29) is 42.4 Å². The standard InChI is InChI=1S/C30H44N6O5/c1-17(2)14-21-16-41-25-11-9-8-10-23(25)28(38)33-24(15-26(37)34-27(18(3)4)30(40)32-21)29(39)31-13-12-22-19(5)35-36(7)20(22)6/h8-11,17-18,21,24,27H,12-16H2,1-7H3,(H,31,39)(H,32,40)(H,33,38)(H,34,37)/t21-,24+,27-/m1/s1. The minimum Gasteiger partial charge on any atom is -0.491 e. The smallest absolute Gasteiger partial charge is 0.255 e. The van der Waals surface area contributed by atoms with Crippen LogP contribution in [0.15, 0.2) is 24.3 Å². The Morgan fingerprint density at radius 2 is 1.80 bits per heavy atom. The fourth-order valence-electron chi connectivity index (χ4n) is 5.01. The van der Waals surface area contributed by atoms with Gasteiger partial charge < -0.3 is 26.0 Å². The number of rotatable bonds is 7. The molecule has 0 unspecified atom stereocenters. The highest BCUT2D eigenvalue weighted by molar-refractivity contribution is 6.01. The first-order valence-corrected chi connectivity index (χ1v) is 14.3. The number of aryl methyl sites for hydroxylation is 2. The molecule has 0 saturated carbocycles. The number of carbonyl (C=O) groups is 4. The summed E-state index contributed by atoms with van der Waals surface area (Å²) in [6.07, 6.45) is 0.866. The Kier molecular flexibility index (Phi) is 10.9. The van der Waals surface area contributed by atoms with Crippen LogP contribution in [-0.2, 0) is 27.9 Å². The van der Waals surface area contributed by atoms with Crippen molar-refractivity contribution in [2.45, 2.75) is 78.9 Å². The quantitative estimate of drug-likeness (QED) is 0.402. The second-order valence-corrected chi connectivity index (χ2v) is 11.5. The van der Waals surface area contributed by atoms with Gasteiger partial charge in [0.25, 0.3) is 5.91 Å². The van der Waals surface area contributed by atoms with Gasteiger partial charge in [-0.1, -0.05) is 39.8 Å². The Morgan fingerprint density at radius 3 is 2.44 bits per heavy atom. The average molecular weight is 569 g/mol. The number of amides is 4. The van der Waals surface area contributed by atoms with Gasteiger partial charge in [0.05, 0.1) is 23.7 Å². The lowest BCUT2D eigenvalue weighted by atomic mass is 10.00. The minimum atomic E-state index is -1.17. The largest absolute Gasteiger partial charge is 0.491 e. The molecule has 0 radical (unpaired) electrons. The van der Waals surface area contributed by atoms with Crippen molar-refractivity contribution in [3.8, 4) is 5.75 Å². The van der Waals surface area contributed by atoms with Gasteiger partial charge in [0, 0.05) is 19.3 Å². The van der Waals surface area contributed by atoms with Crippen molar-refractivity contribution in [2.75, 3.05) is 13.2 Å². The summed E-state index contributed by atoms with van der Waals surface area (Å²) < 4.78 is 7.84. The summed E-state index contributed by atoms with van der Waals surface area (Å²) in [7, 11) is 1.87. The number of carbonyl (C=O) groups excluding carboxylic acids is 4. The lowest BCUT2D eigenvalue weighted by Gasteiger charge is -2.28. The SMILES string of the molecule is Cc1nn(C)c(C)c1CCNC(=O)[C@@H]1CC(=O)N[C@H](C(C)C)C(=O)N[C@H](CC(C)C)COc2ccccc2C(=O)N1. The zero-order chi connectivity index (χ0) is 30.3.